The number of primary amides is 1. The number of benzene rings is 1. The highest BCUT2D eigenvalue weighted by atomic mass is 16.6. The Morgan fingerprint density at radius 3 is 2.37 bits per heavy atom. The molecule has 0 aromatic heterocycles. The first-order chi connectivity index (χ1) is 19.4. The lowest BCUT2D eigenvalue weighted by Crippen LogP contribution is -2.38. The van der Waals surface area contributed by atoms with E-state index >= 15 is 0 Å². The van der Waals surface area contributed by atoms with Gasteiger partial charge in [-0.25, -0.2) is 4.79 Å². The van der Waals surface area contributed by atoms with E-state index in [2.05, 4.69) is 5.32 Å². The number of methoxy groups -OCH3 is 3. The molecule has 6 unspecified atom stereocenters. The third-order valence-corrected chi connectivity index (χ3v) is 7.23. The molecule has 2 rings (SSSR count). The second-order valence-electron chi connectivity index (χ2n) is 10.3. The van der Waals surface area contributed by atoms with Crippen LogP contribution in [-0.4, -0.2) is 74.2 Å². The zero-order chi connectivity index (χ0) is 30.9. The van der Waals surface area contributed by atoms with E-state index < -0.39 is 36.4 Å². The van der Waals surface area contributed by atoms with Gasteiger partial charge in [0.05, 0.1) is 23.5 Å². The Labute approximate surface area is 241 Å². The molecule has 11 heteroatoms. The molecule has 6 atom stereocenters. The Kier molecular flexibility index (Phi) is 12.6. The van der Waals surface area contributed by atoms with Crippen molar-refractivity contribution < 1.29 is 43.5 Å². The summed E-state index contributed by atoms with van der Waals surface area (Å²) in [5.74, 6) is -1.58. The number of anilines is 1. The minimum atomic E-state index is -0.971. The number of nitrogens with one attached hydrogen (secondary N) is 1. The van der Waals surface area contributed by atoms with Crippen molar-refractivity contribution in [2.45, 2.75) is 65.0 Å². The van der Waals surface area contributed by atoms with Crippen LogP contribution in [-0.2, 0) is 30.2 Å². The summed E-state index contributed by atoms with van der Waals surface area (Å²) < 4.78 is 22.6. The lowest BCUT2D eigenvalue weighted by atomic mass is 9.87. The van der Waals surface area contributed by atoms with Crippen LogP contribution in [0.5, 0.6) is 11.5 Å². The number of hydrogen-bond acceptors (Lipinski definition) is 9. The molecule has 1 heterocycles. The first-order valence-corrected chi connectivity index (χ1v) is 13.3. The summed E-state index contributed by atoms with van der Waals surface area (Å²) in [6, 6.07) is 1.14. The van der Waals surface area contributed by atoms with Crippen LogP contribution in [0.3, 0.4) is 0 Å². The van der Waals surface area contributed by atoms with Gasteiger partial charge in [0.25, 0.3) is 5.91 Å². The van der Waals surface area contributed by atoms with Gasteiger partial charge in [-0.15, -0.1) is 0 Å². The third kappa shape index (κ3) is 8.66. The van der Waals surface area contributed by atoms with E-state index in [9.17, 15) is 24.6 Å². The van der Waals surface area contributed by atoms with E-state index in [0.717, 1.165) is 6.07 Å². The standard InChI is InChI=1S/C30H42N2O9/c1-16-11-20-21(15-33)23(34)14-22(26(20)35)32-29(36)17(2)9-8-10-24(38-5)28(41-30(31)37)19(4)13-18(3)27(40-7)25(12-16)39-6/h8-10,13-16,18,24-25,27-28,34-35H,11-12H2,1-7H3,(H2,31,37)(H,32,36). The van der Waals surface area contributed by atoms with Crippen molar-refractivity contribution in [3.8, 4) is 11.5 Å². The van der Waals surface area contributed by atoms with Crippen molar-refractivity contribution >= 4 is 24.0 Å². The molecule has 0 spiro atoms. The maximum atomic E-state index is 12.9. The van der Waals surface area contributed by atoms with Crippen LogP contribution in [0.2, 0.25) is 0 Å². The van der Waals surface area contributed by atoms with Crippen molar-refractivity contribution in [1.29, 1.82) is 0 Å². The predicted molar refractivity (Wildman–Crippen MR) is 154 cm³/mol. The van der Waals surface area contributed by atoms with Gasteiger partial charge in [0.15, 0.2) is 12.4 Å². The minimum absolute atomic E-state index is 0.0360. The molecule has 1 aromatic carbocycles. The van der Waals surface area contributed by atoms with Gasteiger partial charge in [0.1, 0.15) is 17.6 Å². The van der Waals surface area contributed by atoms with E-state index in [1.54, 1.807) is 40.2 Å². The summed E-state index contributed by atoms with van der Waals surface area (Å²) in [5.41, 5.74) is 6.43. The summed E-state index contributed by atoms with van der Waals surface area (Å²) in [5, 5.41) is 24.2. The first kappa shape index (κ1) is 33.5. The average Bonchev–Trinajstić information content (AvgIpc) is 2.91. The van der Waals surface area contributed by atoms with E-state index in [1.165, 1.54) is 13.2 Å². The number of aromatic hydroxyl groups is 2. The Bertz CT molecular complexity index is 1190. The van der Waals surface area contributed by atoms with Gasteiger partial charge < -0.3 is 40.2 Å². The minimum Gasteiger partial charge on any atom is -0.507 e. The second-order valence-corrected chi connectivity index (χ2v) is 10.3. The highest BCUT2D eigenvalue weighted by Gasteiger charge is 2.31. The molecule has 0 saturated carbocycles. The van der Waals surface area contributed by atoms with Gasteiger partial charge in [0.2, 0.25) is 0 Å². The van der Waals surface area contributed by atoms with Gasteiger partial charge in [-0.2, -0.15) is 0 Å². The van der Waals surface area contributed by atoms with Crippen molar-refractivity contribution in [3.05, 3.63) is 52.6 Å². The molecule has 5 N–H and O–H groups in total. The molecule has 0 radical (unpaired) electrons. The topological polar surface area (TPSA) is 167 Å². The summed E-state index contributed by atoms with van der Waals surface area (Å²) in [7, 11) is 4.60. The molecule has 2 bridgehead atoms. The molecule has 0 saturated heterocycles. The van der Waals surface area contributed by atoms with Crippen molar-refractivity contribution in [1.82, 2.24) is 0 Å². The Balaban J connectivity index is 2.69. The first-order valence-electron chi connectivity index (χ1n) is 13.3. The highest BCUT2D eigenvalue weighted by Crippen LogP contribution is 2.38. The van der Waals surface area contributed by atoms with Gasteiger partial charge in [-0.3, -0.25) is 9.59 Å². The lowest BCUT2D eigenvalue weighted by molar-refractivity contribution is -0.112. The van der Waals surface area contributed by atoms with Crippen LogP contribution in [0.4, 0.5) is 10.5 Å². The number of ether oxygens (including phenoxy) is 4. The Morgan fingerprint density at radius 1 is 1.12 bits per heavy atom. The molecular formula is C30H42N2O9. The number of phenols is 2. The van der Waals surface area contributed by atoms with Crippen LogP contribution in [0.1, 0.15) is 50.0 Å². The number of nitrogens with two attached hydrogens (primary N) is 1. The number of fused-ring (bicyclic) bond motifs is 2. The molecule has 0 fully saturated rings. The number of phenolic OH excluding ortho intramolecular Hbond substituents is 2. The fraction of sp³-hybridized carbons (Fsp3) is 0.500. The number of carbonyl (C=O) groups excluding carboxylic acids is 3. The number of carbonyl (C=O) groups is 3. The summed E-state index contributed by atoms with van der Waals surface area (Å²) >= 11 is 0. The summed E-state index contributed by atoms with van der Waals surface area (Å²) in [6.45, 7) is 7.21. The fourth-order valence-electron chi connectivity index (χ4n) is 5.12. The van der Waals surface area contributed by atoms with E-state index in [4.69, 9.17) is 24.7 Å². The zero-order valence-electron chi connectivity index (χ0n) is 24.7. The fourth-order valence-corrected chi connectivity index (χ4v) is 5.12. The third-order valence-electron chi connectivity index (χ3n) is 7.23. The molecule has 11 nitrogen and oxygen atoms in total. The van der Waals surface area contributed by atoms with Crippen molar-refractivity contribution in [2.24, 2.45) is 17.6 Å². The van der Waals surface area contributed by atoms with Gasteiger partial charge in [0, 0.05) is 44.5 Å². The molecule has 1 aliphatic rings. The highest BCUT2D eigenvalue weighted by molar-refractivity contribution is 6.05. The smallest absolute Gasteiger partial charge is 0.405 e. The maximum Gasteiger partial charge on any atom is 0.405 e. The van der Waals surface area contributed by atoms with Crippen LogP contribution in [0.25, 0.3) is 0 Å². The molecular weight excluding hydrogens is 532 g/mol. The SMILES string of the molecule is COC1C=CC=C(C)C(=O)Nc2cc(O)c(C=O)c(c2O)CC(C)CC(OC)C(OC)C(C)C=C(C)C1OC(N)=O. The molecule has 1 aromatic rings. The lowest BCUT2D eigenvalue weighted by Gasteiger charge is -2.32. The number of allylic oxidation sites excluding steroid dienone is 2. The number of rotatable bonds is 5. The van der Waals surface area contributed by atoms with Crippen LogP contribution >= 0.6 is 0 Å². The van der Waals surface area contributed by atoms with Gasteiger partial charge in [-0.05, 0) is 38.2 Å². The molecule has 41 heavy (non-hydrogen) atoms. The second kappa shape index (κ2) is 15.4. The molecule has 1 aliphatic heterocycles. The van der Waals surface area contributed by atoms with E-state index in [-0.39, 0.29) is 52.1 Å². The van der Waals surface area contributed by atoms with Gasteiger partial charge >= 0.3 is 6.09 Å². The molecule has 226 valence electrons. The normalized spacial score (nSPS) is 26.5. The molecule has 0 aliphatic carbocycles. The van der Waals surface area contributed by atoms with Gasteiger partial charge in [-0.1, -0.05) is 38.2 Å². The van der Waals surface area contributed by atoms with Crippen LogP contribution < -0.4 is 11.1 Å². The van der Waals surface area contributed by atoms with Crippen molar-refractivity contribution in [2.75, 3.05) is 26.6 Å². The largest absolute Gasteiger partial charge is 0.507 e. The quantitative estimate of drug-likeness (QED) is 0.176. The predicted octanol–water partition coefficient (Wildman–Crippen LogP) is 4.02. The van der Waals surface area contributed by atoms with Crippen molar-refractivity contribution in [3.63, 3.8) is 0 Å². The van der Waals surface area contributed by atoms with Crippen LogP contribution in [0.15, 0.2) is 41.5 Å². The van der Waals surface area contributed by atoms with Crippen LogP contribution in [0, 0.1) is 11.8 Å². The molecule has 2 amide bonds. The Morgan fingerprint density at radius 2 is 1.80 bits per heavy atom. The Hall–Kier alpha value is -3.67. The summed E-state index contributed by atoms with van der Waals surface area (Å²) in [4.78, 5) is 36.5. The number of amides is 2. The van der Waals surface area contributed by atoms with E-state index in [1.807, 2.05) is 19.9 Å². The summed E-state index contributed by atoms with van der Waals surface area (Å²) in [6.07, 6.45) is 4.36. The maximum absolute atomic E-state index is 12.9. The average molecular weight is 575 g/mol. The van der Waals surface area contributed by atoms with E-state index in [0.29, 0.717) is 18.3 Å². The number of aldehydes is 1. The number of hydrogen-bond donors (Lipinski definition) is 4. The monoisotopic (exact) mass is 574 g/mol. The zero-order valence-corrected chi connectivity index (χ0v) is 24.7.